The Morgan fingerprint density at radius 1 is 1.37 bits per heavy atom. The number of nitrogens with zero attached hydrogens (tertiary/aromatic N) is 2. The van der Waals surface area contributed by atoms with E-state index >= 15 is 0 Å². The van der Waals surface area contributed by atoms with Gasteiger partial charge in [0.1, 0.15) is 5.75 Å². The van der Waals surface area contributed by atoms with Gasteiger partial charge in [0.05, 0.1) is 18.5 Å². The Labute approximate surface area is 183 Å². The highest BCUT2D eigenvalue weighted by molar-refractivity contribution is 7.99. The predicted octanol–water partition coefficient (Wildman–Crippen LogP) is 3.33. The number of nitrogen functional groups attached to an aromatic ring is 1. The van der Waals surface area contributed by atoms with Crippen molar-refractivity contribution in [1.29, 1.82) is 0 Å². The Morgan fingerprint density at radius 2 is 2.20 bits per heavy atom. The molecule has 2 aliphatic carbocycles. The fraction of sp³-hybridized carbons (Fsp3) is 0.476. The minimum absolute atomic E-state index is 0.00908. The number of carbonyl (C=O) groups excluding carboxylic acids is 1. The molecule has 1 aromatic carbocycles. The molecule has 0 radical (unpaired) electrons. The molecule has 2 bridgehead atoms. The van der Waals surface area contributed by atoms with Crippen LogP contribution in [-0.4, -0.2) is 33.5 Å². The minimum atomic E-state index is -0.495. The van der Waals surface area contributed by atoms with Crippen LogP contribution in [0.15, 0.2) is 30.5 Å². The topological polar surface area (TPSA) is 104 Å². The summed E-state index contributed by atoms with van der Waals surface area (Å²) in [7, 11) is 0. The third-order valence-electron chi connectivity index (χ3n) is 6.19. The number of carbonyl (C=O) groups is 1. The van der Waals surface area contributed by atoms with Crippen LogP contribution in [0, 0.1) is 29.5 Å². The van der Waals surface area contributed by atoms with Crippen LogP contribution in [0.25, 0.3) is 0 Å². The van der Waals surface area contributed by atoms with Gasteiger partial charge in [-0.25, -0.2) is 14.4 Å². The Hall–Kier alpha value is -2.06. The number of hydrogen-bond donors (Lipinski definition) is 2. The number of primary amides is 1. The van der Waals surface area contributed by atoms with Gasteiger partial charge in [-0.1, -0.05) is 6.07 Å². The van der Waals surface area contributed by atoms with Crippen LogP contribution in [0.2, 0.25) is 5.28 Å². The number of ether oxygens (including phenoxy) is 1. The quantitative estimate of drug-likeness (QED) is 0.363. The summed E-state index contributed by atoms with van der Waals surface area (Å²) in [6.07, 6.45) is 3.31. The number of thioether (sulfide) groups is 1. The van der Waals surface area contributed by atoms with Crippen molar-refractivity contribution in [1.82, 2.24) is 9.97 Å². The first-order valence-electron chi connectivity index (χ1n) is 9.98. The molecule has 2 aromatic rings. The summed E-state index contributed by atoms with van der Waals surface area (Å²) in [4.78, 5) is 19.8. The molecule has 1 heterocycles. The number of halogens is 2. The van der Waals surface area contributed by atoms with Gasteiger partial charge >= 0.3 is 0 Å². The van der Waals surface area contributed by atoms with Crippen LogP contribution in [0.4, 0.5) is 10.1 Å². The highest BCUT2D eigenvalue weighted by Crippen LogP contribution is 2.56. The van der Waals surface area contributed by atoms with E-state index in [-0.39, 0.29) is 40.6 Å². The summed E-state index contributed by atoms with van der Waals surface area (Å²) >= 11 is 7.69. The second kappa shape index (κ2) is 8.98. The Balaban J connectivity index is 1.38. The lowest BCUT2D eigenvalue weighted by Crippen LogP contribution is -2.39. The van der Waals surface area contributed by atoms with Gasteiger partial charge in [0.2, 0.25) is 11.2 Å². The molecular weight excluding hydrogens is 427 g/mol. The lowest BCUT2D eigenvalue weighted by Gasteiger charge is -2.34. The highest BCUT2D eigenvalue weighted by Gasteiger charge is 2.54. The summed E-state index contributed by atoms with van der Waals surface area (Å²) in [5.41, 5.74) is 12.4. The van der Waals surface area contributed by atoms with Crippen molar-refractivity contribution in [3.8, 4) is 5.75 Å². The zero-order valence-corrected chi connectivity index (χ0v) is 17.9. The summed E-state index contributed by atoms with van der Waals surface area (Å²) in [6, 6.07) is 7.37. The molecule has 0 aliphatic heterocycles. The molecular formula is C21H24ClFN4O2S. The average molecular weight is 451 g/mol. The molecule has 0 unspecified atom stereocenters. The van der Waals surface area contributed by atoms with Crippen molar-refractivity contribution in [3.05, 3.63) is 47.3 Å². The first kappa shape index (κ1) is 21.2. The van der Waals surface area contributed by atoms with Crippen molar-refractivity contribution >= 4 is 35.0 Å². The van der Waals surface area contributed by atoms with Crippen LogP contribution in [-0.2, 0) is 11.2 Å². The van der Waals surface area contributed by atoms with Crippen LogP contribution in [0.3, 0.4) is 0 Å². The van der Waals surface area contributed by atoms with Crippen LogP contribution >= 0.6 is 23.4 Å². The van der Waals surface area contributed by atoms with E-state index in [1.165, 1.54) is 0 Å². The molecule has 1 aromatic heterocycles. The maximum absolute atomic E-state index is 14.2. The molecule has 1 amide bonds. The third kappa shape index (κ3) is 4.49. The van der Waals surface area contributed by atoms with Crippen molar-refractivity contribution < 1.29 is 13.9 Å². The Kier molecular flexibility index (Phi) is 6.34. The molecule has 2 saturated carbocycles. The number of hydrogen-bond acceptors (Lipinski definition) is 6. The standard InChI is InChI=1S/C21H24ClFN4O2S/c22-21-26-10-16(23)17(27-21)9-15-14-6-11(19(15)20(25)28)7-18(14)30-5-4-29-13-3-1-2-12(24)8-13/h1-3,8,10-11,14-15,18-19H,4-7,9,24H2,(H2,25,28)/t11-,14+,15-,18-,19+/m1/s1. The van der Waals surface area contributed by atoms with Crippen molar-refractivity contribution in [2.45, 2.75) is 24.5 Å². The molecule has 5 atom stereocenters. The fourth-order valence-electron chi connectivity index (χ4n) is 5.05. The maximum Gasteiger partial charge on any atom is 0.222 e. The molecule has 30 heavy (non-hydrogen) atoms. The minimum Gasteiger partial charge on any atom is -0.493 e. The van der Waals surface area contributed by atoms with Gasteiger partial charge in [0.15, 0.2) is 5.82 Å². The molecule has 2 fully saturated rings. The van der Waals surface area contributed by atoms with E-state index < -0.39 is 5.82 Å². The molecule has 0 saturated heterocycles. The first-order chi connectivity index (χ1) is 14.4. The van der Waals surface area contributed by atoms with E-state index in [1.54, 1.807) is 6.07 Å². The van der Waals surface area contributed by atoms with Gasteiger partial charge in [0, 0.05) is 28.7 Å². The number of nitrogens with two attached hydrogens (primary N) is 2. The van der Waals surface area contributed by atoms with E-state index in [0.29, 0.717) is 24.0 Å². The van der Waals surface area contributed by atoms with Crippen molar-refractivity contribution in [2.75, 3.05) is 18.1 Å². The lowest BCUT2D eigenvalue weighted by atomic mass is 9.76. The molecule has 4 rings (SSSR count). The average Bonchev–Trinajstić information content (AvgIpc) is 3.26. The zero-order chi connectivity index (χ0) is 21.3. The highest BCUT2D eigenvalue weighted by atomic mass is 35.5. The Bertz CT molecular complexity index is 934. The van der Waals surface area contributed by atoms with Crippen LogP contribution in [0.1, 0.15) is 18.5 Å². The summed E-state index contributed by atoms with van der Waals surface area (Å²) in [5, 5.41) is 0.398. The molecule has 0 spiro atoms. The normalized spacial score (nSPS) is 27.3. The molecule has 160 valence electrons. The summed E-state index contributed by atoms with van der Waals surface area (Å²) in [5.74, 6) is 1.03. The van der Waals surface area contributed by atoms with Gasteiger partial charge in [-0.2, -0.15) is 11.8 Å². The third-order valence-corrected chi connectivity index (χ3v) is 7.75. The second-order valence-corrected chi connectivity index (χ2v) is 9.64. The predicted molar refractivity (Wildman–Crippen MR) is 116 cm³/mol. The van der Waals surface area contributed by atoms with Gasteiger partial charge in [-0.05, 0) is 60.7 Å². The molecule has 6 nitrogen and oxygen atoms in total. The number of aromatic nitrogens is 2. The number of fused-ring (bicyclic) bond motifs is 2. The van der Waals surface area contributed by atoms with Gasteiger partial charge in [-0.15, -0.1) is 0 Å². The lowest BCUT2D eigenvalue weighted by molar-refractivity contribution is -0.125. The monoisotopic (exact) mass is 450 g/mol. The number of rotatable bonds is 8. The number of benzene rings is 1. The number of amides is 1. The molecule has 2 aliphatic rings. The summed E-state index contributed by atoms with van der Waals surface area (Å²) in [6.45, 7) is 0.571. The maximum atomic E-state index is 14.2. The van der Waals surface area contributed by atoms with E-state index in [2.05, 4.69) is 9.97 Å². The number of anilines is 1. The van der Waals surface area contributed by atoms with Crippen LogP contribution in [0.5, 0.6) is 5.75 Å². The van der Waals surface area contributed by atoms with Gasteiger partial charge in [-0.3, -0.25) is 4.79 Å². The molecule has 4 N–H and O–H groups in total. The Morgan fingerprint density at radius 3 is 2.97 bits per heavy atom. The zero-order valence-electron chi connectivity index (χ0n) is 16.3. The first-order valence-corrected chi connectivity index (χ1v) is 11.4. The van der Waals surface area contributed by atoms with E-state index in [4.69, 9.17) is 27.8 Å². The largest absolute Gasteiger partial charge is 0.493 e. The van der Waals surface area contributed by atoms with Crippen molar-refractivity contribution in [3.63, 3.8) is 0 Å². The summed E-state index contributed by atoms with van der Waals surface area (Å²) < 4.78 is 20.0. The van der Waals surface area contributed by atoms with Gasteiger partial charge < -0.3 is 16.2 Å². The smallest absolute Gasteiger partial charge is 0.222 e. The van der Waals surface area contributed by atoms with E-state index in [0.717, 1.165) is 30.5 Å². The SMILES string of the molecule is NC(=O)[C@H]1[C@@H]2C[C@@H]([C@H]1Cc1nc(Cl)ncc1F)[C@H](SCCOc1cccc(N)c1)C2. The van der Waals surface area contributed by atoms with Crippen LogP contribution < -0.4 is 16.2 Å². The van der Waals surface area contributed by atoms with E-state index in [9.17, 15) is 9.18 Å². The van der Waals surface area contributed by atoms with E-state index in [1.807, 2.05) is 30.0 Å². The van der Waals surface area contributed by atoms with Crippen molar-refractivity contribution in [2.24, 2.45) is 29.4 Å². The molecule has 9 heteroatoms. The fourth-order valence-corrected chi connectivity index (χ4v) is 6.63. The van der Waals surface area contributed by atoms with Gasteiger partial charge in [0.25, 0.3) is 0 Å². The second-order valence-electron chi connectivity index (χ2n) is 7.96.